The van der Waals surface area contributed by atoms with Gasteiger partial charge in [-0.05, 0) is 27.2 Å². The second-order valence-corrected chi connectivity index (χ2v) is 5.75. The molecule has 0 aliphatic carbocycles. The summed E-state index contributed by atoms with van der Waals surface area (Å²) in [5.41, 5.74) is 0.934. The zero-order valence-corrected chi connectivity index (χ0v) is 11.4. The fraction of sp³-hybridized carbons (Fsp3) is 0.769. The lowest BCUT2D eigenvalue weighted by molar-refractivity contribution is 0.151. The van der Waals surface area contributed by atoms with E-state index >= 15 is 0 Å². The number of oxazole rings is 1. The van der Waals surface area contributed by atoms with Gasteiger partial charge in [0.15, 0.2) is 0 Å². The van der Waals surface area contributed by atoms with Crippen LogP contribution in [0.5, 0.6) is 6.08 Å². The second kappa shape index (κ2) is 5.71. The SMILES string of the molecule is CC(C)(C)NCc1coc(OCC2CCOC2)n1. The van der Waals surface area contributed by atoms with E-state index in [0.717, 1.165) is 25.3 Å². The first-order chi connectivity index (χ1) is 8.53. The maximum atomic E-state index is 5.52. The fourth-order valence-corrected chi connectivity index (χ4v) is 1.70. The van der Waals surface area contributed by atoms with Gasteiger partial charge in [-0.3, -0.25) is 0 Å². The molecule has 1 unspecified atom stereocenters. The summed E-state index contributed by atoms with van der Waals surface area (Å²) in [7, 11) is 0. The van der Waals surface area contributed by atoms with Crippen LogP contribution < -0.4 is 10.1 Å². The van der Waals surface area contributed by atoms with Crippen molar-refractivity contribution in [2.75, 3.05) is 19.8 Å². The number of nitrogens with zero attached hydrogens (tertiary/aromatic N) is 1. The number of aromatic nitrogens is 1. The topological polar surface area (TPSA) is 56.5 Å². The summed E-state index contributed by atoms with van der Waals surface area (Å²) in [5.74, 6) is 0.466. The van der Waals surface area contributed by atoms with Gasteiger partial charge in [-0.1, -0.05) is 0 Å². The van der Waals surface area contributed by atoms with Gasteiger partial charge in [-0.2, -0.15) is 4.98 Å². The van der Waals surface area contributed by atoms with E-state index in [1.807, 2.05) is 0 Å². The predicted octanol–water partition coefficient (Wildman–Crippen LogP) is 1.98. The molecule has 1 fully saturated rings. The minimum atomic E-state index is 0.0706. The van der Waals surface area contributed by atoms with Gasteiger partial charge in [-0.15, -0.1) is 0 Å². The van der Waals surface area contributed by atoms with Crippen molar-refractivity contribution in [1.29, 1.82) is 0 Å². The van der Waals surface area contributed by atoms with Crippen LogP contribution in [0, 0.1) is 5.92 Å². The van der Waals surface area contributed by atoms with Crippen LogP contribution in [0.25, 0.3) is 0 Å². The Morgan fingerprint density at radius 2 is 2.33 bits per heavy atom. The van der Waals surface area contributed by atoms with Crippen molar-refractivity contribution in [3.63, 3.8) is 0 Å². The first kappa shape index (κ1) is 13.4. The largest absolute Gasteiger partial charge is 0.450 e. The molecule has 2 heterocycles. The third-order valence-electron chi connectivity index (χ3n) is 2.80. The van der Waals surface area contributed by atoms with E-state index in [4.69, 9.17) is 13.9 Å². The summed E-state index contributed by atoms with van der Waals surface area (Å²) in [4.78, 5) is 4.28. The van der Waals surface area contributed by atoms with E-state index in [2.05, 4.69) is 31.1 Å². The van der Waals surface area contributed by atoms with Crippen LogP contribution in [-0.4, -0.2) is 30.3 Å². The summed E-state index contributed by atoms with van der Waals surface area (Å²) >= 11 is 0. The summed E-state index contributed by atoms with van der Waals surface area (Å²) < 4.78 is 16.1. The highest BCUT2D eigenvalue weighted by Crippen LogP contribution is 2.16. The molecule has 0 radical (unpaired) electrons. The number of hydrogen-bond donors (Lipinski definition) is 1. The fourth-order valence-electron chi connectivity index (χ4n) is 1.70. The molecule has 0 saturated carbocycles. The Kier molecular flexibility index (Phi) is 4.24. The molecule has 0 aromatic carbocycles. The standard InChI is InChI=1S/C13H22N2O3/c1-13(2,3)14-6-11-9-18-12(15-11)17-8-10-4-5-16-7-10/h9-10,14H,4-8H2,1-3H3. The zero-order chi connectivity index (χ0) is 13.0. The summed E-state index contributed by atoms with van der Waals surface area (Å²) in [6, 6.07) is 0. The quantitative estimate of drug-likeness (QED) is 0.870. The third kappa shape index (κ3) is 4.31. The van der Waals surface area contributed by atoms with E-state index in [-0.39, 0.29) is 5.54 Å². The van der Waals surface area contributed by atoms with Crippen molar-refractivity contribution < 1.29 is 13.9 Å². The molecule has 1 N–H and O–H groups in total. The third-order valence-corrected chi connectivity index (χ3v) is 2.80. The number of ether oxygens (including phenoxy) is 2. The number of hydrogen-bond acceptors (Lipinski definition) is 5. The van der Waals surface area contributed by atoms with Crippen LogP contribution >= 0.6 is 0 Å². The molecule has 1 aliphatic rings. The molecule has 5 nitrogen and oxygen atoms in total. The molecule has 1 aromatic heterocycles. The van der Waals surface area contributed by atoms with E-state index < -0.39 is 0 Å². The molecular formula is C13H22N2O3. The van der Waals surface area contributed by atoms with Gasteiger partial charge < -0.3 is 19.2 Å². The summed E-state index contributed by atoms with van der Waals surface area (Å²) in [6.45, 7) is 9.26. The molecule has 1 saturated heterocycles. The highest BCUT2D eigenvalue weighted by atomic mass is 16.6. The predicted molar refractivity (Wildman–Crippen MR) is 67.5 cm³/mol. The van der Waals surface area contributed by atoms with Crippen LogP contribution in [-0.2, 0) is 11.3 Å². The molecule has 1 aromatic rings. The first-order valence-corrected chi connectivity index (χ1v) is 6.43. The van der Waals surface area contributed by atoms with Gasteiger partial charge in [0.25, 0.3) is 0 Å². The van der Waals surface area contributed by atoms with Crippen molar-refractivity contribution in [2.24, 2.45) is 5.92 Å². The van der Waals surface area contributed by atoms with Gasteiger partial charge >= 0.3 is 6.08 Å². The molecule has 0 bridgehead atoms. The van der Waals surface area contributed by atoms with Gasteiger partial charge in [0.1, 0.15) is 6.26 Å². The maximum Gasteiger partial charge on any atom is 0.393 e. The molecule has 0 amide bonds. The molecule has 0 spiro atoms. The minimum absolute atomic E-state index is 0.0706. The zero-order valence-electron chi connectivity index (χ0n) is 11.4. The van der Waals surface area contributed by atoms with Crippen molar-refractivity contribution in [2.45, 2.75) is 39.3 Å². The van der Waals surface area contributed by atoms with Gasteiger partial charge in [0.05, 0.1) is 18.9 Å². The Morgan fingerprint density at radius 3 is 3.00 bits per heavy atom. The summed E-state index contributed by atoms with van der Waals surface area (Å²) in [6.07, 6.45) is 3.05. The van der Waals surface area contributed by atoms with Crippen molar-refractivity contribution in [1.82, 2.24) is 10.3 Å². The number of rotatable bonds is 5. The Bertz CT molecular complexity index is 365. The molecule has 5 heteroatoms. The molecule has 1 atom stereocenters. The normalized spacial score (nSPS) is 20.3. The van der Waals surface area contributed by atoms with Crippen LogP contribution in [0.3, 0.4) is 0 Å². The van der Waals surface area contributed by atoms with Crippen molar-refractivity contribution >= 4 is 0 Å². The monoisotopic (exact) mass is 254 g/mol. The summed E-state index contributed by atoms with van der Waals surface area (Å²) in [5, 5.41) is 3.35. The van der Waals surface area contributed by atoms with E-state index in [1.165, 1.54) is 0 Å². The molecular weight excluding hydrogens is 232 g/mol. The lowest BCUT2D eigenvalue weighted by atomic mass is 10.1. The molecule has 1 aliphatic heterocycles. The smallest absolute Gasteiger partial charge is 0.393 e. The molecule has 2 rings (SSSR count). The van der Waals surface area contributed by atoms with Crippen LogP contribution in [0.4, 0.5) is 0 Å². The van der Waals surface area contributed by atoms with Gasteiger partial charge in [0.2, 0.25) is 0 Å². The van der Waals surface area contributed by atoms with Gasteiger partial charge in [0, 0.05) is 24.6 Å². The highest BCUT2D eigenvalue weighted by Gasteiger charge is 2.17. The van der Waals surface area contributed by atoms with Crippen LogP contribution in [0.15, 0.2) is 10.7 Å². The number of nitrogens with one attached hydrogen (secondary N) is 1. The Morgan fingerprint density at radius 1 is 1.50 bits per heavy atom. The Balaban J connectivity index is 1.75. The average Bonchev–Trinajstić information content (AvgIpc) is 2.94. The second-order valence-electron chi connectivity index (χ2n) is 5.75. The maximum absolute atomic E-state index is 5.52. The van der Waals surface area contributed by atoms with Crippen molar-refractivity contribution in [3.8, 4) is 6.08 Å². The molecule has 102 valence electrons. The molecule has 18 heavy (non-hydrogen) atoms. The van der Waals surface area contributed by atoms with Gasteiger partial charge in [-0.25, -0.2) is 0 Å². The lowest BCUT2D eigenvalue weighted by Crippen LogP contribution is -2.35. The Hall–Kier alpha value is -1.07. The van der Waals surface area contributed by atoms with Crippen LogP contribution in [0.1, 0.15) is 32.9 Å². The van der Waals surface area contributed by atoms with Crippen LogP contribution in [0.2, 0.25) is 0 Å². The first-order valence-electron chi connectivity index (χ1n) is 6.43. The van der Waals surface area contributed by atoms with E-state index in [0.29, 0.717) is 25.1 Å². The van der Waals surface area contributed by atoms with E-state index in [1.54, 1.807) is 6.26 Å². The lowest BCUT2D eigenvalue weighted by Gasteiger charge is -2.19. The van der Waals surface area contributed by atoms with Crippen molar-refractivity contribution in [3.05, 3.63) is 12.0 Å². The highest BCUT2D eigenvalue weighted by molar-refractivity contribution is 5.00. The van der Waals surface area contributed by atoms with E-state index in [9.17, 15) is 0 Å². The minimum Gasteiger partial charge on any atom is -0.450 e. The Labute approximate surface area is 108 Å². The average molecular weight is 254 g/mol.